The largest absolute Gasteiger partial charge is 0.493 e. The molecule has 240 valence electrons. The van der Waals surface area contributed by atoms with Crippen molar-refractivity contribution in [3.8, 4) is 11.5 Å². The smallest absolute Gasteiger partial charge is 0.199 e. The van der Waals surface area contributed by atoms with Gasteiger partial charge in [0.15, 0.2) is 23.5 Å². The molecule has 8 nitrogen and oxygen atoms in total. The lowest BCUT2D eigenvalue weighted by Crippen LogP contribution is -2.38. The van der Waals surface area contributed by atoms with Crippen molar-refractivity contribution in [2.75, 3.05) is 27.4 Å². The van der Waals surface area contributed by atoms with Crippen molar-refractivity contribution in [3.05, 3.63) is 46.9 Å². The quantitative estimate of drug-likeness (QED) is 0.271. The molecule has 44 heavy (non-hydrogen) atoms. The standard InChI is InChI=1S/C36H49NO7/c1-21-16-23(18-30(41-5)33(21)44-32-11-7-9-15-42-32)25-20-27(25)35(39)36(2,3)34(38)26-19-24(26)22-12-13-28(29(17-22)40-4)43-31-10-6-8-14-37-31/h12-13,17-18,21,24-27,31-32,37H,6-11,14-16,19-20H2,1-5H3. The Hall–Kier alpha value is -2.84. The zero-order valence-electron chi connectivity index (χ0n) is 27.0. The highest BCUT2D eigenvalue weighted by Gasteiger charge is 2.56. The van der Waals surface area contributed by atoms with Crippen LogP contribution in [0, 0.1) is 29.1 Å². The van der Waals surface area contributed by atoms with Gasteiger partial charge in [0.2, 0.25) is 0 Å². The number of methoxy groups -OCH3 is 2. The molecule has 6 rings (SSSR count). The van der Waals surface area contributed by atoms with Crippen molar-refractivity contribution in [3.63, 3.8) is 0 Å². The van der Waals surface area contributed by atoms with Crippen molar-refractivity contribution < 1.29 is 33.3 Å². The Morgan fingerprint density at radius 1 is 0.909 bits per heavy atom. The van der Waals surface area contributed by atoms with E-state index >= 15 is 0 Å². The lowest BCUT2D eigenvalue weighted by molar-refractivity contribution is -0.146. The van der Waals surface area contributed by atoms with Gasteiger partial charge in [0.25, 0.3) is 0 Å². The van der Waals surface area contributed by atoms with Gasteiger partial charge in [-0.05, 0) is 107 Å². The summed E-state index contributed by atoms with van der Waals surface area (Å²) >= 11 is 0. The molecule has 7 unspecified atom stereocenters. The van der Waals surface area contributed by atoms with E-state index in [1.54, 1.807) is 14.2 Å². The number of ether oxygens (including phenoxy) is 5. The number of rotatable bonds is 12. The molecule has 0 bridgehead atoms. The molecule has 2 heterocycles. The minimum Gasteiger partial charge on any atom is -0.493 e. The second-order valence-electron chi connectivity index (χ2n) is 13.9. The number of ketones is 2. The van der Waals surface area contributed by atoms with Gasteiger partial charge >= 0.3 is 0 Å². The topological polar surface area (TPSA) is 92.3 Å². The van der Waals surface area contributed by atoms with Gasteiger partial charge in [0, 0.05) is 24.2 Å². The molecule has 4 fully saturated rings. The summed E-state index contributed by atoms with van der Waals surface area (Å²) in [5.41, 5.74) is 1.26. The monoisotopic (exact) mass is 607 g/mol. The van der Waals surface area contributed by atoms with E-state index in [1.165, 1.54) is 12.0 Å². The highest BCUT2D eigenvalue weighted by atomic mass is 16.7. The molecular weight excluding hydrogens is 558 g/mol. The molecule has 1 N–H and O–H groups in total. The van der Waals surface area contributed by atoms with E-state index in [-0.39, 0.29) is 53.7 Å². The first kappa shape index (κ1) is 31.2. The van der Waals surface area contributed by atoms with Crippen LogP contribution in [0.4, 0.5) is 0 Å². The minimum absolute atomic E-state index is 0.00644. The number of piperidine rings is 1. The fraction of sp³-hybridized carbons (Fsp3) is 0.667. The number of allylic oxidation sites excluding steroid dienone is 3. The van der Waals surface area contributed by atoms with Crippen LogP contribution in [0.2, 0.25) is 0 Å². The average Bonchev–Trinajstić information content (AvgIpc) is 3.97. The lowest BCUT2D eigenvalue weighted by atomic mass is 9.77. The summed E-state index contributed by atoms with van der Waals surface area (Å²) in [4.78, 5) is 27.6. The Balaban J connectivity index is 1.08. The second-order valence-corrected chi connectivity index (χ2v) is 13.9. The molecule has 2 saturated carbocycles. The highest BCUT2D eigenvalue weighted by molar-refractivity contribution is 6.10. The van der Waals surface area contributed by atoms with E-state index in [9.17, 15) is 9.59 Å². The van der Waals surface area contributed by atoms with Gasteiger partial charge in [-0.25, -0.2) is 0 Å². The lowest BCUT2D eigenvalue weighted by Gasteiger charge is -2.30. The summed E-state index contributed by atoms with van der Waals surface area (Å²) < 4.78 is 29.6. The third kappa shape index (κ3) is 6.43. The van der Waals surface area contributed by atoms with Gasteiger partial charge in [0.1, 0.15) is 23.6 Å². The second kappa shape index (κ2) is 12.9. The first-order chi connectivity index (χ1) is 21.2. The number of carbonyl (C=O) groups excluding carboxylic acids is 2. The van der Waals surface area contributed by atoms with Crippen LogP contribution in [0.15, 0.2) is 41.4 Å². The van der Waals surface area contributed by atoms with Crippen LogP contribution in [0.1, 0.15) is 90.0 Å². The van der Waals surface area contributed by atoms with E-state index < -0.39 is 5.41 Å². The third-order valence-electron chi connectivity index (χ3n) is 10.3. The molecule has 1 aromatic rings. The number of hydrogen-bond donors (Lipinski definition) is 1. The van der Waals surface area contributed by atoms with Crippen molar-refractivity contribution in [1.29, 1.82) is 0 Å². The Morgan fingerprint density at radius 3 is 2.34 bits per heavy atom. The summed E-state index contributed by atoms with van der Waals surface area (Å²) in [6, 6.07) is 5.99. The summed E-state index contributed by atoms with van der Waals surface area (Å²) in [7, 11) is 3.32. The van der Waals surface area contributed by atoms with Gasteiger partial charge in [-0.15, -0.1) is 0 Å². The van der Waals surface area contributed by atoms with E-state index in [4.69, 9.17) is 23.7 Å². The zero-order valence-corrected chi connectivity index (χ0v) is 27.0. The van der Waals surface area contributed by atoms with Crippen molar-refractivity contribution in [1.82, 2.24) is 5.32 Å². The molecule has 5 aliphatic rings. The van der Waals surface area contributed by atoms with Crippen LogP contribution in [0.25, 0.3) is 0 Å². The zero-order chi connectivity index (χ0) is 31.0. The van der Waals surface area contributed by atoms with E-state index in [0.29, 0.717) is 11.5 Å². The Bertz CT molecular complexity index is 1300. The number of carbonyl (C=O) groups is 2. The predicted octanol–water partition coefficient (Wildman–Crippen LogP) is 6.45. The summed E-state index contributed by atoms with van der Waals surface area (Å²) in [5, 5.41) is 3.40. The average molecular weight is 608 g/mol. The molecule has 0 amide bonds. The molecule has 0 radical (unpaired) electrons. The molecule has 0 spiro atoms. The molecule has 7 atom stereocenters. The van der Waals surface area contributed by atoms with Crippen LogP contribution >= 0.6 is 0 Å². The highest BCUT2D eigenvalue weighted by Crippen LogP contribution is 2.56. The molecule has 2 aliphatic heterocycles. The number of nitrogens with one attached hydrogen (secondary N) is 1. The maximum atomic E-state index is 13.8. The van der Waals surface area contributed by atoms with Gasteiger partial charge < -0.3 is 23.7 Å². The van der Waals surface area contributed by atoms with Crippen LogP contribution in [-0.4, -0.2) is 51.5 Å². The Kier molecular flexibility index (Phi) is 9.12. The van der Waals surface area contributed by atoms with Crippen LogP contribution < -0.4 is 14.8 Å². The molecule has 3 aliphatic carbocycles. The van der Waals surface area contributed by atoms with Crippen molar-refractivity contribution in [2.24, 2.45) is 29.1 Å². The molecule has 0 aromatic heterocycles. The Labute approximate surface area is 261 Å². The molecule has 2 saturated heterocycles. The SMILES string of the molecule is COC1=C(OC2CCCCO2)C(C)CC(C2CC2C(=O)C(C)(C)C(=O)C2CC2c2ccc(OC3CCCCN3)c(OC)c2)=C1. The van der Waals surface area contributed by atoms with Crippen LogP contribution in [-0.2, 0) is 23.8 Å². The van der Waals surface area contributed by atoms with E-state index in [0.717, 1.165) is 81.6 Å². The first-order valence-corrected chi connectivity index (χ1v) is 16.6. The van der Waals surface area contributed by atoms with Gasteiger partial charge in [0.05, 0.1) is 26.2 Å². The summed E-state index contributed by atoms with van der Waals surface area (Å²) in [6.07, 6.45) is 10.6. The maximum absolute atomic E-state index is 13.8. The van der Waals surface area contributed by atoms with Crippen molar-refractivity contribution >= 4 is 11.6 Å². The van der Waals surface area contributed by atoms with Crippen molar-refractivity contribution in [2.45, 2.75) is 97.0 Å². The minimum atomic E-state index is -1.02. The molecular formula is C36H49NO7. The normalized spacial score (nSPS) is 31.9. The molecule has 8 heteroatoms. The fourth-order valence-electron chi connectivity index (χ4n) is 7.41. The van der Waals surface area contributed by atoms with Gasteiger partial charge in [-0.3, -0.25) is 14.9 Å². The van der Waals surface area contributed by atoms with Crippen LogP contribution in [0.5, 0.6) is 11.5 Å². The Morgan fingerprint density at radius 2 is 1.66 bits per heavy atom. The molecule has 1 aromatic carbocycles. The van der Waals surface area contributed by atoms with Gasteiger partial charge in [-0.1, -0.05) is 18.6 Å². The summed E-state index contributed by atoms with van der Waals surface area (Å²) in [6.45, 7) is 7.48. The van der Waals surface area contributed by atoms with E-state index in [1.807, 2.05) is 32.0 Å². The van der Waals surface area contributed by atoms with Crippen LogP contribution in [0.3, 0.4) is 0 Å². The predicted molar refractivity (Wildman–Crippen MR) is 166 cm³/mol. The third-order valence-corrected chi connectivity index (χ3v) is 10.3. The first-order valence-electron chi connectivity index (χ1n) is 16.6. The fourth-order valence-corrected chi connectivity index (χ4v) is 7.41. The van der Waals surface area contributed by atoms with E-state index in [2.05, 4.69) is 18.3 Å². The van der Waals surface area contributed by atoms with Gasteiger partial charge in [-0.2, -0.15) is 0 Å². The number of hydrogen-bond acceptors (Lipinski definition) is 8. The summed E-state index contributed by atoms with van der Waals surface area (Å²) in [5.74, 6) is 3.19. The number of Topliss-reactive ketones (excluding diaryl/α,β-unsaturated/α-hetero) is 2. The maximum Gasteiger partial charge on any atom is 0.199 e. The number of benzene rings is 1.